The largest absolute Gasteiger partial charge is 0.508 e. The number of alkyl halides is 3. The standard InChI is InChI=1S/C27H23BrCl2N2O6S/c1-38-18-6-2-5-17(33)20(18)21-14-7-8-15-19(23(35)31(22(15)34)11-13-4-3-9-39-13)16(14)10-26(29)24(36)32(12-28)25(37)27(21,26)30/h2-7,9,15-16,19,21,33H,8,10-12H2,1H3. The van der Waals surface area contributed by atoms with Crippen molar-refractivity contribution in [2.24, 2.45) is 17.8 Å². The fraction of sp³-hybridized carbons (Fsp3) is 0.407. The zero-order valence-corrected chi connectivity index (χ0v) is 24.5. The maximum absolute atomic E-state index is 13.9. The SMILES string of the molecule is COc1cccc(O)c1C1C2=CCC3C(=O)N(Cc4cccs4)C(=O)C3C2CC2(Cl)C(=O)N(CBr)C(=O)C12Cl. The number of likely N-dealkylation sites (tertiary alicyclic amines) is 2. The Morgan fingerprint density at radius 1 is 1.08 bits per heavy atom. The number of fused-ring (bicyclic) bond motifs is 4. The minimum absolute atomic E-state index is 0.114. The molecule has 1 N–H and O–H groups in total. The van der Waals surface area contributed by atoms with Crippen molar-refractivity contribution in [3.05, 3.63) is 57.8 Å². The van der Waals surface area contributed by atoms with E-state index in [0.717, 1.165) is 9.78 Å². The van der Waals surface area contributed by atoms with E-state index in [1.807, 2.05) is 23.6 Å². The molecule has 0 spiro atoms. The monoisotopic (exact) mass is 652 g/mol. The molecule has 3 fully saturated rings. The van der Waals surface area contributed by atoms with Crippen LogP contribution in [0.15, 0.2) is 47.4 Å². The van der Waals surface area contributed by atoms with E-state index >= 15 is 0 Å². The normalized spacial score (nSPS) is 33.7. The third-order valence-corrected chi connectivity index (χ3v) is 11.3. The Balaban J connectivity index is 1.53. The molecule has 3 heterocycles. The number of phenolic OH excluding ortho intramolecular Hbond substituents is 1. The van der Waals surface area contributed by atoms with Gasteiger partial charge < -0.3 is 9.84 Å². The molecule has 6 atom stereocenters. The molecule has 4 aliphatic rings. The molecule has 2 aromatic rings. The van der Waals surface area contributed by atoms with Gasteiger partial charge in [0.15, 0.2) is 9.75 Å². The van der Waals surface area contributed by atoms with E-state index in [9.17, 15) is 24.3 Å². The molecule has 39 heavy (non-hydrogen) atoms. The number of rotatable bonds is 5. The maximum Gasteiger partial charge on any atom is 0.254 e. The van der Waals surface area contributed by atoms with Crippen molar-refractivity contribution in [3.63, 3.8) is 0 Å². The van der Waals surface area contributed by atoms with Crippen molar-refractivity contribution in [1.29, 1.82) is 0 Å². The van der Waals surface area contributed by atoms with Gasteiger partial charge in [-0.15, -0.1) is 34.5 Å². The van der Waals surface area contributed by atoms with Crippen LogP contribution in [0.4, 0.5) is 0 Å². The topological polar surface area (TPSA) is 104 Å². The van der Waals surface area contributed by atoms with Crippen molar-refractivity contribution in [3.8, 4) is 11.5 Å². The van der Waals surface area contributed by atoms with Crippen molar-refractivity contribution < 1.29 is 29.0 Å². The van der Waals surface area contributed by atoms with Crippen molar-refractivity contribution in [1.82, 2.24) is 9.80 Å². The third kappa shape index (κ3) is 3.47. The van der Waals surface area contributed by atoms with Gasteiger partial charge >= 0.3 is 0 Å². The number of halogens is 3. The molecule has 2 aliphatic heterocycles. The summed E-state index contributed by atoms with van der Waals surface area (Å²) in [5, 5.41) is 13.0. The van der Waals surface area contributed by atoms with Crippen LogP contribution >= 0.6 is 50.5 Å². The van der Waals surface area contributed by atoms with Gasteiger partial charge in [0.05, 0.1) is 30.9 Å². The quantitative estimate of drug-likeness (QED) is 0.222. The van der Waals surface area contributed by atoms with Crippen LogP contribution in [0.2, 0.25) is 0 Å². The van der Waals surface area contributed by atoms with Gasteiger partial charge in [0.1, 0.15) is 11.5 Å². The summed E-state index contributed by atoms with van der Waals surface area (Å²) in [6, 6.07) is 8.38. The lowest BCUT2D eigenvalue weighted by atomic mass is 9.56. The van der Waals surface area contributed by atoms with E-state index in [0.29, 0.717) is 5.57 Å². The first-order valence-electron chi connectivity index (χ1n) is 12.3. The molecule has 0 bridgehead atoms. The van der Waals surface area contributed by atoms with Gasteiger partial charge in [-0.2, -0.15) is 0 Å². The molecule has 1 saturated carbocycles. The van der Waals surface area contributed by atoms with Crippen molar-refractivity contribution in [2.45, 2.75) is 35.1 Å². The van der Waals surface area contributed by atoms with Crippen LogP contribution in [-0.4, -0.2) is 60.8 Å². The highest BCUT2D eigenvalue weighted by atomic mass is 79.9. The first-order chi connectivity index (χ1) is 18.6. The van der Waals surface area contributed by atoms with Crippen LogP contribution in [0, 0.1) is 17.8 Å². The zero-order chi connectivity index (χ0) is 27.9. The van der Waals surface area contributed by atoms with Gasteiger partial charge in [0.2, 0.25) is 11.8 Å². The lowest BCUT2D eigenvalue weighted by Gasteiger charge is -2.51. The fourth-order valence-corrected chi connectivity index (χ4v) is 8.95. The number of hydrogen-bond donors (Lipinski definition) is 1. The van der Waals surface area contributed by atoms with Gasteiger partial charge in [-0.05, 0) is 42.3 Å². The average Bonchev–Trinajstić information content (AvgIpc) is 3.56. The molecular formula is C27H23BrCl2N2O6S. The average molecular weight is 654 g/mol. The zero-order valence-electron chi connectivity index (χ0n) is 20.6. The van der Waals surface area contributed by atoms with Crippen LogP contribution in [0.3, 0.4) is 0 Å². The lowest BCUT2D eigenvalue weighted by Crippen LogP contribution is -2.60. The van der Waals surface area contributed by atoms with Crippen molar-refractivity contribution in [2.75, 3.05) is 12.6 Å². The number of benzene rings is 1. The number of allylic oxidation sites excluding steroid dienone is 2. The van der Waals surface area contributed by atoms with Gasteiger partial charge in [-0.1, -0.05) is 39.7 Å². The number of amides is 4. The number of methoxy groups -OCH3 is 1. The molecule has 8 nitrogen and oxygen atoms in total. The molecule has 0 radical (unpaired) electrons. The van der Waals surface area contributed by atoms with E-state index in [4.69, 9.17) is 27.9 Å². The highest BCUT2D eigenvalue weighted by Gasteiger charge is 2.76. The molecule has 4 amide bonds. The number of thiophene rings is 1. The second-order valence-electron chi connectivity index (χ2n) is 10.2. The van der Waals surface area contributed by atoms with Crippen LogP contribution in [0.1, 0.15) is 29.2 Å². The molecule has 1 aromatic heterocycles. The Hall–Kier alpha value is -2.40. The number of aromatic hydroxyl groups is 1. The fourth-order valence-electron chi connectivity index (χ4n) is 6.85. The molecule has 12 heteroatoms. The van der Waals surface area contributed by atoms with E-state index < -0.39 is 45.2 Å². The first kappa shape index (κ1) is 26.8. The second kappa shape index (κ2) is 9.33. The van der Waals surface area contributed by atoms with E-state index in [1.165, 1.54) is 29.4 Å². The number of carbonyl (C=O) groups excluding carboxylic acids is 4. The number of ether oxygens (including phenoxy) is 1. The number of nitrogens with zero attached hydrogens (tertiary/aromatic N) is 2. The highest BCUT2D eigenvalue weighted by molar-refractivity contribution is 9.09. The molecule has 2 aliphatic carbocycles. The lowest BCUT2D eigenvalue weighted by molar-refractivity contribution is -0.141. The predicted octanol–water partition coefficient (Wildman–Crippen LogP) is 4.37. The second-order valence-corrected chi connectivity index (χ2v) is 13.0. The Labute approximate surface area is 246 Å². The molecule has 204 valence electrons. The summed E-state index contributed by atoms with van der Waals surface area (Å²) in [5.74, 6) is -5.10. The number of phenols is 1. The summed E-state index contributed by atoms with van der Waals surface area (Å²) in [7, 11) is 1.42. The van der Waals surface area contributed by atoms with Crippen LogP contribution in [-0.2, 0) is 25.7 Å². The van der Waals surface area contributed by atoms with E-state index in [1.54, 1.807) is 12.1 Å². The van der Waals surface area contributed by atoms with Gasteiger partial charge in [-0.3, -0.25) is 29.0 Å². The molecule has 1 aromatic carbocycles. The summed E-state index contributed by atoms with van der Waals surface area (Å²) in [4.78, 5) is 54.0. The maximum atomic E-state index is 13.9. The van der Waals surface area contributed by atoms with Gasteiger partial charge in [-0.25, -0.2) is 0 Å². The molecule has 2 saturated heterocycles. The summed E-state index contributed by atoms with van der Waals surface area (Å²) in [6.07, 6.45) is 1.97. The van der Waals surface area contributed by atoms with Crippen LogP contribution in [0.25, 0.3) is 0 Å². The minimum Gasteiger partial charge on any atom is -0.508 e. The Kier molecular flexibility index (Phi) is 6.41. The first-order valence-corrected chi connectivity index (χ1v) is 15.1. The molecule has 6 rings (SSSR count). The Bertz CT molecular complexity index is 1450. The summed E-state index contributed by atoms with van der Waals surface area (Å²) in [5.41, 5.74) is 0.679. The summed E-state index contributed by atoms with van der Waals surface area (Å²) in [6.45, 7) is 0.168. The van der Waals surface area contributed by atoms with E-state index in [2.05, 4.69) is 15.9 Å². The van der Waals surface area contributed by atoms with Crippen LogP contribution in [0.5, 0.6) is 11.5 Å². The number of imide groups is 2. The minimum atomic E-state index is -2.01. The number of carbonyl (C=O) groups is 4. The van der Waals surface area contributed by atoms with Gasteiger partial charge in [0.25, 0.3) is 11.8 Å². The summed E-state index contributed by atoms with van der Waals surface area (Å²) < 4.78 is 5.57. The third-order valence-electron chi connectivity index (χ3n) is 8.55. The summed E-state index contributed by atoms with van der Waals surface area (Å²) >= 11 is 19.1. The predicted molar refractivity (Wildman–Crippen MR) is 148 cm³/mol. The Morgan fingerprint density at radius 3 is 2.51 bits per heavy atom. The highest BCUT2D eigenvalue weighted by Crippen LogP contribution is 2.67. The molecule has 6 unspecified atom stereocenters. The van der Waals surface area contributed by atoms with Crippen LogP contribution < -0.4 is 4.74 Å². The van der Waals surface area contributed by atoms with Crippen molar-refractivity contribution >= 4 is 74.1 Å². The Morgan fingerprint density at radius 2 is 1.85 bits per heavy atom. The van der Waals surface area contributed by atoms with E-state index in [-0.39, 0.29) is 53.7 Å². The smallest absolute Gasteiger partial charge is 0.254 e. The molecular weight excluding hydrogens is 631 g/mol. The van der Waals surface area contributed by atoms with Gasteiger partial charge in [0, 0.05) is 16.4 Å². The number of hydrogen-bond acceptors (Lipinski definition) is 7.